The Labute approximate surface area is 87.0 Å². The molecule has 2 heterocycles. The highest BCUT2D eigenvalue weighted by atomic mass is 16.5. The van der Waals surface area contributed by atoms with E-state index in [1.807, 2.05) is 0 Å². The van der Waals surface area contributed by atoms with Crippen LogP contribution in [0.4, 0.5) is 0 Å². The van der Waals surface area contributed by atoms with E-state index in [0.717, 1.165) is 12.8 Å². The lowest BCUT2D eigenvalue weighted by molar-refractivity contribution is 0.0585. The van der Waals surface area contributed by atoms with Gasteiger partial charge in [-0.2, -0.15) is 10.3 Å². The maximum atomic E-state index is 11.4. The number of nitrogens with one attached hydrogen (secondary N) is 1. The fraction of sp³-hybridized carbons (Fsp3) is 0.667. The lowest BCUT2D eigenvalue weighted by Gasteiger charge is -2.20. The van der Waals surface area contributed by atoms with E-state index in [2.05, 4.69) is 20.1 Å². The normalized spacial score (nSPS) is 17.7. The van der Waals surface area contributed by atoms with Crippen LogP contribution in [0.15, 0.2) is 0 Å². The highest BCUT2D eigenvalue weighted by Gasteiger charge is 2.26. The van der Waals surface area contributed by atoms with Crippen molar-refractivity contribution in [2.75, 3.05) is 20.3 Å². The van der Waals surface area contributed by atoms with Crippen molar-refractivity contribution < 1.29 is 14.3 Å². The molecule has 82 valence electrons. The maximum absolute atomic E-state index is 11.4. The summed E-state index contributed by atoms with van der Waals surface area (Å²) in [5.74, 6) is -0.197. The Hall–Kier alpha value is -1.43. The van der Waals surface area contributed by atoms with E-state index in [1.165, 1.54) is 7.11 Å². The zero-order valence-corrected chi connectivity index (χ0v) is 8.52. The van der Waals surface area contributed by atoms with Gasteiger partial charge in [-0.3, -0.25) is 0 Å². The summed E-state index contributed by atoms with van der Waals surface area (Å²) in [6.45, 7) is 1.41. The molecule has 1 saturated heterocycles. The zero-order chi connectivity index (χ0) is 10.7. The number of esters is 1. The van der Waals surface area contributed by atoms with Gasteiger partial charge in [0.25, 0.3) is 0 Å². The van der Waals surface area contributed by atoms with Crippen LogP contribution in [0.1, 0.15) is 34.9 Å². The van der Waals surface area contributed by atoms with E-state index >= 15 is 0 Å². The lowest BCUT2D eigenvalue weighted by atomic mass is 9.95. The molecule has 1 aliphatic rings. The van der Waals surface area contributed by atoms with Crippen LogP contribution in [0.5, 0.6) is 0 Å². The highest BCUT2D eigenvalue weighted by molar-refractivity contribution is 5.88. The molecular weight excluding hydrogens is 198 g/mol. The third kappa shape index (κ3) is 1.99. The van der Waals surface area contributed by atoms with Gasteiger partial charge < -0.3 is 9.47 Å². The number of H-pyrrole nitrogens is 1. The fourth-order valence-electron chi connectivity index (χ4n) is 1.74. The predicted octanol–water partition coefficient (Wildman–Crippen LogP) is 0.485. The van der Waals surface area contributed by atoms with Crippen LogP contribution in [0.25, 0.3) is 0 Å². The van der Waals surface area contributed by atoms with Crippen molar-refractivity contribution >= 4 is 5.97 Å². The number of aromatic nitrogens is 3. The summed E-state index contributed by atoms with van der Waals surface area (Å²) >= 11 is 0. The SMILES string of the molecule is COC(=O)c1n[nH]nc1C1CCOCC1. The summed E-state index contributed by atoms with van der Waals surface area (Å²) in [6, 6.07) is 0. The Kier molecular flexibility index (Phi) is 2.96. The molecule has 15 heavy (non-hydrogen) atoms. The van der Waals surface area contributed by atoms with Crippen LogP contribution in [0, 0.1) is 0 Å². The molecule has 0 radical (unpaired) electrons. The number of carbonyl (C=O) groups excluding carboxylic acids is 1. The molecule has 0 aromatic carbocycles. The first-order valence-corrected chi connectivity index (χ1v) is 4.89. The third-order valence-electron chi connectivity index (χ3n) is 2.56. The number of methoxy groups -OCH3 is 1. The van der Waals surface area contributed by atoms with Gasteiger partial charge in [0.2, 0.25) is 0 Å². The molecule has 0 amide bonds. The number of aromatic amines is 1. The molecule has 0 saturated carbocycles. The average Bonchev–Trinajstić information content (AvgIpc) is 2.78. The van der Waals surface area contributed by atoms with E-state index in [1.54, 1.807) is 0 Å². The Morgan fingerprint density at radius 1 is 1.47 bits per heavy atom. The van der Waals surface area contributed by atoms with Gasteiger partial charge in [-0.1, -0.05) is 0 Å². The number of carbonyl (C=O) groups is 1. The summed E-state index contributed by atoms with van der Waals surface area (Å²) in [4.78, 5) is 11.4. The number of rotatable bonds is 2. The first kappa shape index (κ1) is 10.1. The minimum atomic E-state index is -0.440. The molecule has 0 unspecified atom stereocenters. The van der Waals surface area contributed by atoms with Crippen molar-refractivity contribution in [3.05, 3.63) is 11.4 Å². The second-order valence-corrected chi connectivity index (χ2v) is 3.44. The van der Waals surface area contributed by atoms with Gasteiger partial charge in [-0.15, -0.1) is 5.10 Å². The van der Waals surface area contributed by atoms with Gasteiger partial charge in [0.15, 0.2) is 5.69 Å². The Balaban J connectivity index is 2.19. The number of ether oxygens (including phenoxy) is 2. The van der Waals surface area contributed by atoms with Crippen LogP contribution in [0.3, 0.4) is 0 Å². The molecule has 6 heteroatoms. The lowest BCUT2D eigenvalue weighted by Crippen LogP contribution is -2.17. The van der Waals surface area contributed by atoms with Crippen LogP contribution in [-0.4, -0.2) is 41.7 Å². The molecule has 2 rings (SSSR count). The molecule has 1 aromatic rings. The molecule has 0 aliphatic carbocycles. The summed E-state index contributed by atoms with van der Waals surface area (Å²) in [5.41, 5.74) is 0.995. The zero-order valence-electron chi connectivity index (χ0n) is 8.52. The van der Waals surface area contributed by atoms with Crippen LogP contribution < -0.4 is 0 Å². The average molecular weight is 211 g/mol. The molecule has 1 aliphatic heterocycles. The number of hydrogen-bond donors (Lipinski definition) is 1. The molecule has 6 nitrogen and oxygen atoms in total. The molecular formula is C9H13N3O3. The maximum Gasteiger partial charge on any atom is 0.360 e. The highest BCUT2D eigenvalue weighted by Crippen LogP contribution is 2.26. The Morgan fingerprint density at radius 3 is 2.87 bits per heavy atom. The topological polar surface area (TPSA) is 77.1 Å². The fourth-order valence-corrected chi connectivity index (χ4v) is 1.74. The minimum Gasteiger partial charge on any atom is -0.464 e. The summed E-state index contributed by atoms with van der Waals surface area (Å²) < 4.78 is 9.88. The number of hydrogen-bond acceptors (Lipinski definition) is 5. The van der Waals surface area contributed by atoms with Gasteiger partial charge >= 0.3 is 5.97 Å². The first-order chi connectivity index (χ1) is 7.33. The monoisotopic (exact) mass is 211 g/mol. The molecule has 0 atom stereocenters. The molecule has 0 bridgehead atoms. The molecule has 0 spiro atoms. The van der Waals surface area contributed by atoms with Crippen molar-refractivity contribution in [1.82, 2.24) is 15.4 Å². The van der Waals surface area contributed by atoms with E-state index < -0.39 is 5.97 Å². The van der Waals surface area contributed by atoms with Crippen molar-refractivity contribution in [2.45, 2.75) is 18.8 Å². The molecule has 1 aromatic heterocycles. The Morgan fingerprint density at radius 2 is 2.20 bits per heavy atom. The van der Waals surface area contributed by atoms with Crippen LogP contribution in [-0.2, 0) is 9.47 Å². The van der Waals surface area contributed by atoms with Crippen molar-refractivity contribution in [3.8, 4) is 0 Å². The summed E-state index contributed by atoms with van der Waals surface area (Å²) in [6.07, 6.45) is 1.74. The largest absolute Gasteiger partial charge is 0.464 e. The van der Waals surface area contributed by atoms with Crippen molar-refractivity contribution in [3.63, 3.8) is 0 Å². The van der Waals surface area contributed by atoms with Gasteiger partial charge in [-0.25, -0.2) is 4.79 Å². The predicted molar refractivity (Wildman–Crippen MR) is 50.5 cm³/mol. The summed E-state index contributed by atoms with van der Waals surface area (Å²) in [7, 11) is 1.34. The second-order valence-electron chi connectivity index (χ2n) is 3.44. The number of nitrogens with zero attached hydrogens (tertiary/aromatic N) is 2. The standard InChI is InChI=1S/C9H13N3O3/c1-14-9(13)8-7(10-12-11-8)6-2-4-15-5-3-6/h6H,2-5H2,1H3,(H,10,11,12). The van der Waals surface area contributed by atoms with Crippen LogP contribution in [0.2, 0.25) is 0 Å². The van der Waals surface area contributed by atoms with Crippen molar-refractivity contribution in [2.24, 2.45) is 0 Å². The third-order valence-corrected chi connectivity index (χ3v) is 2.56. The van der Waals surface area contributed by atoms with E-state index in [9.17, 15) is 4.79 Å². The van der Waals surface area contributed by atoms with E-state index in [-0.39, 0.29) is 5.92 Å². The van der Waals surface area contributed by atoms with Crippen molar-refractivity contribution in [1.29, 1.82) is 0 Å². The second kappa shape index (κ2) is 4.39. The van der Waals surface area contributed by atoms with Crippen LogP contribution >= 0.6 is 0 Å². The molecule has 1 fully saturated rings. The van der Waals surface area contributed by atoms with Gasteiger partial charge in [-0.05, 0) is 12.8 Å². The van der Waals surface area contributed by atoms with Gasteiger partial charge in [0.05, 0.1) is 7.11 Å². The minimum absolute atomic E-state index is 0.242. The quantitative estimate of drug-likeness (QED) is 0.720. The van der Waals surface area contributed by atoms with Gasteiger partial charge in [0, 0.05) is 19.1 Å². The van der Waals surface area contributed by atoms with Gasteiger partial charge in [0.1, 0.15) is 5.69 Å². The van der Waals surface area contributed by atoms with E-state index in [4.69, 9.17) is 4.74 Å². The summed E-state index contributed by atoms with van der Waals surface area (Å²) in [5, 5.41) is 10.3. The first-order valence-electron chi connectivity index (χ1n) is 4.89. The Bertz CT molecular complexity index is 344. The van der Waals surface area contributed by atoms with E-state index in [0.29, 0.717) is 24.6 Å². The molecule has 1 N–H and O–H groups in total. The smallest absolute Gasteiger partial charge is 0.360 e.